The van der Waals surface area contributed by atoms with E-state index < -0.39 is 5.97 Å². The zero-order valence-electron chi connectivity index (χ0n) is 13.1. The molecule has 0 spiro atoms. The van der Waals surface area contributed by atoms with Crippen molar-refractivity contribution in [1.29, 1.82) is 0 Å². The molecule has 0 unspecified atom stereocenters. The minimum atomic E-state index is -1.12. The first-order chi connectivity index (χ1) is 10.3. The van der Waals surface area contributed by atoms with Crippen LogP contribution in [0.1, 0.15) is 44.2 Å². The van der Waals surface area contributed by atoms with Gasteiger partial charge in [0.15, 0.2) is 5.69 Å². The molecule has 3 N–H and O–H groups in total. The molecule has 0 aliphatic rings. The number of nitrogens with two attached hydrogens (primary N) is 1. The monoisotopic (exact) mass is 304 g/mol. The number of hydrogen-bond donors (Lipinski definition) is 2. The van der Waals surface area contributed by atoms with Gasteiger partial charge in [-0.15, -0.1) is 5.10 Å². The van der Waals surface area contributed by atoms with Crippen LogP contribution in [0.5, 0.6) is 5.75 Å². The Morgan fingerprint density at radius 1 is 1.32 bits per heavy atom. The van der Waals surface area contributed by atoms with Gasteiger partial charge in [-0.05, 0) is 45.9 Å². The summed E-state index contributed by atoms with van der Waals surface area (Å²) in [5, 5.41) is 17.0. The number of ether oxygens (including phenoxy) is 1. The van der Waals surface area contributed by atoms with Gasteiger partial charge in [0.05, 0.1) is 11.8 Å². The van der Waals surface area contributed by atoms with Crippen molar-refractivity contribution in [3.63, 3.8) is 0 Å². The van der Waals surface area contributed by atoms with Crippen molar-refractivity contribution in [1.82, 2.24) is 15.0 Å². The van der Waals surface area contributed by atoms with Crippen LogP contribution in [0.25, 0.3) is 11.3 Å². The van der Waals surface area contributed by atoms with E-state index >= 15 is 0 Å². The van der Waals surface area contributed by atoms with Crippen molar-refractivity contribution in [3.8, 4) is 17.0 Å². The van der Waals surface area contributed by atoms with Gasteiger partial charge in [0.2, 0.25) is 0 Å². The van der Waals surface area contributed by atoms with E-state index in [0.29, 0.717) is 22.7 Å². The van der Waals surface area contributed by atoms with Crippen LogP contribution < -0.4 is 10.5 Å². The molecule has 2 rings (SSSR count). The Morgan fingerprint density at radius 2 is 2.00 bits per heavy atom. The van der Waals surface area contributed by atoms with Crippen molar-refractivity contribution in [2.45, 2.75) is 39.8 Å². The second-order valence-corrected chi connectivity index (χ2v) is 5.55. The number of rotatable bonds is 5. The van der Waals surface area contributed by atoms with E-state index in [1.54, 1.807) is 22.9 Å². The highest BCUT2D eigenvalue weighted by molar-refractivity contribution is 5.93. The molecule has 7 heteroatoms. The predicted molar refractivity (Wildman–Crippen MR) is 83.0 cm³/mol. The minimum absolute atomic E-state index is 0.00518. The van der Waals surface area contributed by atoms with Crippen molar-refractivity contribution in [2.75, 3.05) is 5.73 Å². The van der Waals surface area contributed by atoms with E-state index in [0.717, 1.165) is 0 Å². The molecule has 0 bridgehead atoms. The second-order valence-electron chi connectivity index (χ2n) is 5.55. The fourth-order valence-corrected chi connectivity index (χ4v) is 2.13. The lowest BCUT2D eigenvalue weighted by atomic mass is 10.1. The lowest BCUT2D eigenvalue weighted by Crippen LogP contribution is -2.09. The maximum absolute atomic E-state index is 11.4. The molecule has 0 atom stereocenters. The fourth-order valence-electron chi connectivity index (χ4n) is 2.13. The quantitative estimate of drug-likeness (QED) is 0.823. The zero-order valence-corrected chi connectivity index (χ0v) is 13.1. The van der Waals surface area contributed by atoms with Gasteiger partial charge >= 0.3 is 5.97 Å². The van der Waals surface area contributed by atoms with Crippen LogP contribution in [0, 0.1) is 0 Å². The Bertz CT molecular complexity index is 692. The molecule has 1 heterocycles. The molecule has 0 aliphatic carbocycles. The lowest BCUT2D eigenvalue weighted by Gasteiger charge is -2.14. The van der Waals surface area contributed by atoms with Gasteiger partial charge in [0.25, 0.3) is 0 Å². The largest absolute Gasteiger partial charge is 0.489 e. The molecular weight excluding hydrogens is 284 g/mol. The SMILES string of the molecule is CC(C)Oc1ccc(-c2c(C(=O)O)nnn2C(C)C)cc1N. The summed E-state index contributed by atoms with van der Waals surface area (Å²) in [6, 6.07) is 5.15. The molecule has 0 saturated carbocycles. The summed E-state index contributed by atoms with van der Waals surface area (Å²) in [6.45, 7) is 7.63. The van der Waals surface area contributed by atoms with Gasteiger partial charge < -0.3 is 15.6 Å². The molecule has 1 aromatic heterocycles. The maximum atomic E-state index is 11.4. The van der Waals surface area contributed by atoms with Crippen LogP contribution in [-0.4, -0.2) is 32.2 Å². The number of aromatic carboxylic acids is 1. The fraction of sp³-hybridized carbons (Fsp3) is 0.400. The molecule has 0 amide bonds. The van der Waals surface area contributed by atoms with Gasteiger partial charge in [-0.2, -0.15) is 0 Å². The highest BCUT2D eigenvalue weighted by Gasteiger charge is 2.22. The van der Waals surface area contributed by atoms with E-state index in [4.69, 9.17) is 10.5 Å². The highest BCUT2D eigenvalue weighted by Crippen LogP contribution is 2.31. The number of hydrogen-bond acceptors (Lipinski definition) is 5. The highest BCUT2D eigenvalue weighted by atomic mass is 16.5. The van der Waals surface area contributed by atoms with Gasteiger partial charge in [-0.1, -0.05) is 5.21 Å². The average Bonchev–Trinajstić information content (AvgIpc) is 2.85. The minimum Gasteiger partial charge on any atom is -0.489 e. The number of nitrogen functional groups attached to an aromatic ring is 1. The standard InChI is InChI=1S/C15H20N4O3/c1-8(2)19-14(13(15(20)21)17-18-19)10-5-6-12(11(16)7-10)22-9(3)4/h5-9H,16H2,1-4H3,(H,20,21). The van der Waals surface area contributed by atoms with Crippen LogP contribution in [0.15, 0.2) is 18.2 Å². The summed E-state index contributed by atoms with van der Waals surface area (Å²) in [4.78, 5) is 11.4. The van der Waals surface area contributed by atoms with Crippen LogP contribution >= 0.6 is 0 Å². The summed E-state index contributed by atoms with van der Waals surface area (Å²) in [7, 11) is 0. The Morgan fingerprint density at radius 3 is 2.50 bits per heavy atom. The number of anilines is 1. The lowest BCUT2D eigenvalue weighted by molar-refractivity contribution is 0.0691. The molecule has 22 heavy (non-hydrogen) atoms. The first kappa shape index (κ1) is 15.8. The van der Waals surface area contributed by atoms with Crippen molar-refractivity contribution < 1.29 is 14.6 Å². The summed E-state index contributed by atoms with van der Waals surface area (Å²) in [5.41, 5.74) is 7.44. The topological polar surface area (TPSA) is 103 Å². The van der Waals surface area contributed by atoms with Gasteiger partial charge in [0.1, 0.15) is 11.4 Å². The Balaban J connectivity index is 2.54. The molecular formula is C15H20N4O3. The molecule has 0 radical (unpaired) electrons. The number of nitrogens with zero attached hydrogens (tertiary/aromatic N) is 3. The molecule has 0 fully saturated rings. The number of aromatic nitrogens is 3. The summed E-state index contributed by atoms with van der Waals surface area (Å²) >= 11 is 0. The van der Waals surface area contributed by atoms with Crippen LogP contribution in [0.2, 0.25) is 0 Å². The maximum Gasteiger partial charge on any atom is 0.358 e. The number of benzene rings is 1. The predicted octanol–water partition coefficient (Wildman–Crippen LogP) is 2.59. The van der Waals surface area contributed by atoms with Crippen LogP contribution in [-0.2, 0) is 0 Å². The first-order valence-electron chi connectivity index (χ1n) is 7.06. The smallest absolute Gasteiger partial charge is 0.358 e. The van der Waals surface area contributed by atoms with E-state index in [9.17, 15) is 9.90 Å². The number of carboxylic acid groups (broad SMARTS) is 1. The molecule has 1 aromatic carbocycles. The third kappa shape index (κ3) is 3.03. The third-order valence-electron chi connectivity index (χ3n) is 3.03. The Hall–Kier alpha value is -2.57. The normalized spacial score (nSPS) is 11.2. The molecule has 7 nitrogen and oxygen atoms in total. The van der Waals surface area contributed by atoms with E-state index in [1.807, 2.05) is 27.7 Å². The van der Waals surface area contributed by atoms with Crippen LogP contribution in [0.3, 0.4) is 0 Å². The molecule has 2 aromatic rings. The zero-order chi connectivity index (χ0) is 16.4. The van der Waals surface area contributed by atoms with Crippen molar-refractivity contribution in [3.05, 3.63) is 23.9 Å². The van der Waals surface area contributed by atoms with Crippen molar-refractivity contribution in [2.24, 2.45) is 0 Å². The average molecular weight is 304 g/mol. The van der Waals surface area contributed by atoms with Crippen molar-refractivity contribution >= 4 is 11.7 Å². The Labute approximate surface area is 128 Å². The van der Waals surface area contributed by atoms with Gasteiger partial charge in [-0.25, -0.2) is 9.48 Å². The number of carbonyl (C=O) groups is 1. The molecule has 118 valence electrons. The van der Waals surface area contributed by atoms with Crippen LogP contribution in [0.4, 0.5) is 5.69 Å². The third-order valence-corrected chi connectivity index (χ3v) is 3.03. The van der Waals surface area contributed by atoms with E-state index in [1.165, 1.54) is 0 Å². The van der Waals surface area contributed by atoms with E-state index in [-0.39, 0.29) is 17.8 Å². The summed E-state index contributed by atoms with van der Waals surface area (Å²) < 4.78 is 7.16. The molecule has 0 saturated heterocycles. The summed E-state index contributed by atoms with van der Waals surface area (Å²) in [5.74, 6) is -0.554. The first-order valence-corrected chi connectivity index (χ1v) is 7.06. The summed E-state index contributed by atoms with van der Waals surface area (Å²) in [6.07, 6.45) is 0.00518. The molecule has 0 aliphatic heterocycles. The van der Waals surface area contributed by atoms with Gasteiger partial charge in [0, 0.05) is 11.6 Å². The Kier molecular flexibility index (Phi) is 4.35. The van der Waals surface area contributed by atoms with Gasteiger partial charge in [-0.3, -0.25) is 0 Å². The van der Waals surface area contributed by atoms with E-state index in [2.05, 4.69) is 10.3 Å². The second kappa shape index (κ2) is 6.05. The number of carboxylic acids is 1.